The second kappa shape index (κ2) is 7.02. The van der Waals surface area contributed by atoms with Gasteiger partial charge in [0, 0.05) is 18.9 Å². The third-order valence-electron chi connectivity index (χ3n) is 3.49. The first kappa shape index (κ1) is 19.0. The van der Waals surface area contributed by atoms with Crippen molar-refractivity contribution in [3.63, 3.8) is 0 Å². The zero-order valence-corrected chi connectivity index (χ0v) is 13.5. The summed E-state index contributed by atoms with van der Waals surface area (Å²) in [5.74, 6) is -0.718. The van der Waals surface area contributed by atoms with Crippen molar-refractivity contribution < 1.29 is 22.8 Å². The number of benzene rings is 1. The van der Waals surface area contributed by atoms with E-state index in [-0.39, 0.29) is 18.4 Å². The number of hydrogen-bond acceptors (Lipinski definition) is 2. The molecule has 1 aromatic carbocycles. The molecule has 2 N–H and O–H groups in total. The summed E-state index contributed by atoms with van der Waals surface area (Å²) in [6.07, 6.45) is -4.41. The molecule has 2 amide bonds. The van der Waals surface area contributed by atoms with Crippen LogP contribution in [0.3, 0.4) is 0 Å². The highest BCUT2D eigenvalue weighted by molar-refractivity contribution is 5.86. The maximum absolute atomic E-state index is 12.8. The van der Waals surface area contributed by atoms with Gasteiger partial charge in [-0.15, -0.1) is 0 Å². The van der Waals surface area contributed by atoms with Crippen molar-refractivity contribution in [2.45, 2.75) is 45.3 Å². The smallest absolute Gasteiger partial charge is 0.353 e. The molecule has 0 fully saturated rings. The van der Waals surface area contributed by atoms with Gasteiger partial charge in [0.2, 0.25) is 11.8 Å². The van der Waals surface area contributed by atoms with Gasteiger partial charge in [0.15, 0.2) is 0 Å². The van der Waals surface area contributed by atoms with Gasteiger partial charge in [-0.05, 0) is 18.6 Å². The Balaban J connectivity index is 2.80. The normalized spacial score (nSPS) is 13.3. The lowest BCUT2D eigenvalue weighted by molar-refractivity contribution is -0.137. The van der Waals surface area contributed by atoms with Crippen LogP contribution in [0.2, 0.25) is 0 Å². The summed E-state index contributed by atoms with van der Waals surface area (Å²) < 4.78 is 38.4. The van der Waals surface area contributed by atoms with Crippen molar-refractivity contribution >= 4 is 11.8 Å². The molecule has 1 atom stereocenters. The van der Waals surface area contributed by atoms with Crippen LogP contribution in [0.15, 0.2) is 24.3 Å². The highest BCUT2D eigenvalue weighted by Crippen LogP contribution is 2.32. The van der Waals surface area contributed by atoms with Crippen LogP contribution >= 0.6 is 0 Å². The van der Waals surface area contributed by atoms with Crippen molar-refractivity contribution in [2.24, 2.45) is 0 Å². The minimum Gasteiger partial charge on any atom is -0.353 e. The van der Waals surface area contributed by atoms with Gasteiger partial charge in [-0.3, -0.25) is 9.59 Å². The molecule has 0 aliphatic heterocycles. The molecule has 0 heterocycles. The van der Waals surface area contributed by atoms with Crippen molar-refractivity contribution in [1.29, 1.82) is 0 Å². The van der Waals surface area contributed by atoms with Crippen LogP contribution in [0.4, 0.5) is 13.2 Å². The summed E-state index contributed by atoms with van der Waals surface area (Å²) in [5, 5.41) is 5.10. The molecule has 4 nitrogen and oxygen atoms in total. The van der Waals surface area contributed by atoms with E-state index in [1.54, 1.807) is 19.9 Å². The summed E-state index contributed by atoms with van der Waals surface area (Å²) in [6.45, 7) is 6.47. The van der Waals surface area contributed by atoms with Gasteiger partial charge in [0.1, 0.15) is 6.04 Å². The summed E-state index contributed by atoms with van der Waals surface area (Å²) in [5.41, 5.74) is -0.937. The summed E-state index contributed by atoms with van der Waals surface area (Å²) in [7, 11) is 0. The van der Waals surface area contributed by atoms with Gasteiger partial charge >= 0.3 is 6.18 Å². The minimum atomic E-state index is -4.41. The second-order valence-electron chi connectivity index (χ2n) is 6.10. The topological polar surface area (TPSA) is 58.2 Å². The third kappa shape index (κ3) is 5.58. The number of carbonyl (C=O) groups excluding carboxylic acids is 2. The minimum absolute atomic E-state index is 0.150. The number of hydrogen-bond donors (Lipinski definition) is 2. The van der Waals surface area contributed by atoms with Crippen LogP contribution in [0, 0.1) is 0 Å². The van der Waals surface area contributed by atoms with E-state index in [0.717, 1.165) is 12.1 Å². The quantitative estimate of drug-likeness (QED) is 0.872. The van der Waals surface area contributed by atoms with Crippen LogP contribution in [-0.4, -0.2) is 24.4 Å². The van der Waals surface area contributed by atoms with Crippen LogP contribution < -0.4 is 10.6 Å². The number of rotatable bonds is 5. The Morgan fingerprint density at radius 2 is 1.74 bits per heavy atom. The fourth-order valence-electron chi connectivity index (χ4n) is 2.05. The number of alkyl halides is 3. The van der Waals surface area contributed by atoms with Gasteiger partial charge in [-0.1, -0.05) is 32.0 Å². The monoisotopic (exact) mass is 330 g/mol. The molecule has 0 saturated carbocycles. The predicted octanol–water partition coefficient (Wildman–Crippen LogP) is 2.62. The van der Waals surface area contributed by atoms with E-state index in [4.69, 9.17) is 0 Å². The van der Waals surface area contributed by atoms with E-state index in [1.807, 2.05) is 0 Å². The van der Waals surface area contributed by atoms with E-state index in [1.165, 1.54) is 19.9 Å². The molecule has 1 rings (SSSR count). The predicted molar refractivity (Wildman–Crippen MR) is 80.8 cm³/mol. The maximum Gasteiger partial charge on any atom is 0.416 e. The van der Waals surface area contributed by atoms with Crippen molar-refractivity contribution in [3.05, 3.63) is 35.4 Å². The molecule has 0 spiro atoms. The molecule has 0 aliphatic rings. The Bertz CT molecular complexity index is 583. The molecule has 1 unspecified atom stereocenters. The zero-order valence-electron chi connectivity index (χ0n) is 13.5. The summed E-state index contributed by atoms with van der Waals surface area (Å²) in [6, 6.07) is 4.34. The van der Waals surface area contributed by atoms with E-state index < -0.39 is 23.2 Å². The van der Waals surface area contributed by atoms with Gasteiger partial charge < -0.3 is 10.6 Å². The number of halogens is 3. The van der Waals surface area contributed by atoms with E-state index in [2.05, 4.69) is 10.6 Å². The van der Waals surface area contributed by atoms with Gasteiger partial charge in [-0.2, -0.15) is 13.2 Å². The van der Waals surface area contributed by atoms with Crippen LogP contribution in [0.25, 0.3) is 0 Å². The number of amides is 2. The summed E-state index contributed by atoms with van der Waals surface area (Å²) in [4.78, 5) is 22.8. The third-order valence-corrected chi connectivity index (χ3v) is 3.49. The highest BCUT2D eigenvalue weighted by atomic mass is 19.4. The second-order valence-corrected chi connectivity index (χ2v) is 6.10. The number of nitrogens with one attached hydrogen (secondary N) is 2. The largest absolute Gasteiger partial charge is 0.416 e. The average molecular weight is 330 g/mol. The van der Waals surface area contributed by atoms with Gasteiger partial charge in [-0.25, -0.2) is 0 Å². The first-order valence-electron chi connectivity index (χ1n) is 7.16. The fourth-order valence-corrected chi connectivity index (χ4v) is 2.05. The number of carbonyl (C=O) groups is 2. The molecular formula is C16H21F3N2O2. The van der Waals surface area contributed by atoms with Crippen LogP contribution in [0.1, 0.15) is 38.8 Å². The Hall–Kier alpha value is -2.05. The molecule has 0 radical (unpaired) electrons. The zero-order chi connectivity index (χ0) is 17.8. The van der Waals surface area contributed by atoms with E-state index in [9.17, 15) is 22.8 Å². The average Bonchev–Trinajstić information content (AvgIpc) is 2.43. The molecule has 0 aliphatic carbocycles. The maximum atomic E-state index is 12.8. The fraction of sp³-hybridized carbons (Fsp3) is 0.500. The molecule has 23 heavy (non-hydrogen) atoms. The van der Waals surface area contributed by atoms with E-state index >= 15 is 0 Å². The van der Waals surface area contributed by atoms with Gasteiger partial charge in [0.05, 0.1) is 5.56 Å². The molecule has 128 valence electrons. The molecule has 0 saturated heterocycles. The molecular weight excluding hydrogens is 309 g/mol. The van der Waals surface area contributed by atoms with Crippen molar-refractivity contribution in [3.8, 4) is 0 Å². The Morgan fingerprint density at radius 3 is 2.26 bits per heavy atom. The van der Waals surface area contributed by atoms with Crippen molar-refractivity contribution in [1.82, 2.24) is 10.6 Å². The Morgan fingerprint density at radius 1 is 1.17 bits per heavy atom. The highest BCUT2D eigenvalue weighted by Gasteiger charge is 2.32. The van der Waals surface area contributed by atoms with E-state index in [0.29, 0.717) is 5.56 Å². The summed E-state index contributed by atoms with van der Waals surface area (Å²) >= 11 is 0. The molecule has 0 bridgehead atoms. The Kier molecular flexibility index (Phi) is 5.80. The van der Waals surface area contributed by atoms with Gasteiger partial charge in [0.25, 0.3) is 0 Å². The molecule has 1 aromatic rings. The first-order valence-corrected chi connectivity index (χ1v) is 7.16. The molecule has 7 heteroatoms. The first-order chi connectivity index (χ1) is 10.4. The molecule has 0 aromatic heterocycles. The lowest BCUT2D eigenvalue weighted by Crippen LogP contribution is -2.47. The standard InChI is InChI=1S/C16H21F3N2O2/c1-10(21-11(2)22)14(23)20-9-15(3,4)12-6-5-7-13(8-12)16(17,18)19/h5-8,10H,9H2,1-4H3,(H,20,23)(H,21,22). The van der Waals surface area contributed by atoms with Crippen LogP contribution in [-0.2, 0) is 21.2 Å². The Labute approximate surface area is 133 Å². The van der Waals surface area contributed by atoms with Crippen molar-refractivity contribution in [2.75, 3.05) is 6.54 Å². The van der Waals surface area contributed by atoms with Crippen LogP contribution in [0.5, 0.6) is 0 Å². The SMILES string of the molecule is CC(=O)NC(C)C(=O)NCC(C)(C)c1cccc(C(F)(F)F)c1. The lowest BCUT2D eigenvalue weighted by Gasteiger charge is -2.27. The lowest BCUT2D eigenvalue weighted by atomic mass is 9.83.